The van der Waals surface area contributed by atoms with E-state index in [0.29, 0.717) is 30.0 Å². The zero-order chi connectivity index (χ0) is 30.2. The molecule has 2 aromatic carbocycles. The van der Waals surface area contributed by atoms with Gasteiger partial charge in [0, 0.05) is 18.2 Å². The van der Waals surface area contributed by atoms with Crippen molar-refractivity contribution in [3.63, 3.8) is 0 Å². The molecule has 2 saturated heterocycles. The molecule has 2 aliphatic rings. The van der Waals surface area contributed by atoms with Gasteiger partial charge in [0.2, 0.25) is 15.9 Å². The highest BCUT2D eigenvalue weighted by Gasteiger charge is 2.46. The standard InChI is InChI=1S/C27H27F6N3O5S/c28-26(29,30)17-42(37,38)35-25(15-39-16-25)20-5-3-4-18(12-20)23-13-24(36(34-23)14-22-6-1-2-11-40-22)41-21-9-7-19(8-10-21)27(31,32)33/h3-5,7-10,12-13,22,35H,1-2,6,11,14-17H2. The molecule has 0 aliphatic carbocycles. The molecule has 2 aliphatic heterocycles. The molecule has 42 heavy (non-hydrogen) atoms. The van der Waals surface area contributed by atoms with E-state index in [1.54, 1.807) is 35.0 Å². The Hall–Kier alpha value is -3.14. The molecule has 1 N–H and O–H groups in total. The smallest absolute Gasteiger partial charge is 0.416 e. The fourth-order valence-electron chi connectivity index (χ4n) is 4.85. The number of aromatic nitrogens is 2. The van der Waals surface area contributed by atoms with Gasteiger partial charge in [0.1, 0.15) is 11.3 Å². The van der Waals surface area contributed by atoms with Gasteiger partial charge in [-0.05, 0) is 55.2 Å². The molecule has 8 nitrogen and oxygen atoms in total. The van der Waals surface area contributed by atoms with Gasteiger partial charge >= 0.3 is 12.4 Å². The lowest BCUT2D eigenvalue weighted by molar-refractivity contribution is -0.137. The molecule has 2 fully saturated rings. The van der Waals surface area contributed by atoms with Crippen LogP contribution in [0.1, 0.15) is 30.4 Å². The van der Waals surface area contributed by atoms with Gasteiger partial charge in [0.25, 0.3) is 0 Å². The number of hydrogen-bond donors (Lipinski definition) is 1. The molecule has 0 amide bonds. The van der Waals surface area contributed by atoms with Crippen LogP contribution in [-0.2, 0) is 37.8 Å². The third kappa shape index (κ3) is 7.25. The number of sulfonamides is 1. The number of rotatable bonds is 9. The quantitative estimate of drug-likeness (QED) is 0.312. The average Bonchev–Trinajstić information content (AvgIpc) is 3.27. The molecule has 0 saturated carbocycles. The number of nitrogens with one attached hydrogen (secondary N) is 1. The number of alkyl halides is 6. The van der Waals surface area contributed by atoms with Crippen LogP contribution in [0, 0.1) is 0 Å². The number of benzene rings is 2. The van der Waals surface area contributed by atoms with Crippen molar-refractivity contribution < 1.29 is 49.0 Å². The van der Waals surface area contributed by atoms with Gasteiger partial charge in [-0.25, -0.2) is 13.1 Å². The van der Waals surface area contributed by atoms with Crippen molar-refractivity contribution in [1.29, 1.82) is 0 Å². The fraction of sp³-hybridized carbons (Fsp3) is 0.444. The maximum Gasteiger partial charge on any atom is 0.416 e. The van der Waals surface area contributed by atoms with Crippen LogP contribution in [0.3, 0.4) is 0 Å². The minimum absolute atomic E-state index is 0.152. The predicted molar refractivity (Wildman–Crippen MR) is 138 cm³/mol. The Morgan fingerprint density at radius 2 is 1.76 bits per heavy atom. The Kier molecular flexibility index (Phi) is 8.31. The normalized spacial score (nSPS) is 19.3. The van der Waals surface area contributed by atoms with E-state index in [4.69, 9.17) is 14.2 Å². The Morgan fingerprint density at radius 3 is 2.36 bits per heavy atom. The van der Waals surface area contributed by atoms with Crippen molar-refractivity contribution in [3.8, 4) is 22.9 Å². The minimum Gasteiger partial charge on any atom is -0.439 e. The van der Waals surface area contributed by atoms with Crippen molar-refractivity contribution in [1.82, 2.24) is 14.5 Å². The summed E-state index contributed by atoms with van der Waals surface area (Å²) in [6.07, 6.45) is -6.90. The highest BCUT2D eigenvalue weighted by molar-refractivity contribution is 7.89. The Bertz CT molecular complexity index is 1500. The van der Waals surface area contributed by atoms with E-state index >= 15 is 0 Å². The molecule has 0 radical (unpaired) electrons. The van der Waals surface area contributed by atoms with Crippen molar-refractivity contribution in [3.05, 3.63) is 65.7 Å². The number of hydrogen-bond acceptors (Lipinski definition) is 6. The molecule has 0 spiro atoms. The lowest BCUT2D eigenvalue weighted by Gasteiger charge is -2.42. The number of nitrogens with zero attached hydrogens (tertiary/aromatic N) is 2. The monoisotopic (exact) mass is 619 g/mol. The van der Waals surface area contributed by atoms with Crippen LogP contribution in [0.25, 0.3) is 11.3 Å². The molecule has 0 bridgehead atoms. The second kappa shape index (κ2) is 11.5. The minimum atomic E-state index is -4.92. The van der Waals surface area contributed by atoms with Crippen LogP contribution in [-0.4, -0.2) is 56.1 Å². The summed E-state index contributed by atoms with van der Waals surface area (Å²) in [6.45, 7) is 0.571. The number of ether oxygens (including phenoxy) is 3. The van der Waals surface area contributed by atoms with Crippen LogP contribution in [0.5, 0.6) is 11.6 Å². The Labute approximate surface area is 237 Å². The maximum absolute atomic E-state index is 13.0. The molecular formula is C27H27F6N3O5S. The summed E-state index contributed by atoms with van der Waals surface area (Å²) in [4.78, 5) is 0. The van der Waals surface area contributed by atoms with Crippen molar-refractivity contribution in [2.45, 2.75) is 49.8 Å². The van der Waals surface area contributed by atoms with E-state index < -0.39 is 39.2 Å². The summed E-state index contributed by atoms with van der Waals surface area (Å²) >= 11 is 0. The van der Waals surface area contributed by atoms with E-state index in [0.717, 1.165) is 31.4 Å². The van der Waals surface area contributed by atoms with E-state index in [1.165, 1.54) is 12.1 Å². The lowest BCUT2D eigenvalue weighted by Crippen LogP contribution is -2.60. The summed E-state index contributed by atoms with van der Waals surface area (Å²) in [5.74, 6) is -1.64. The Balaban J connectivity index is 1.44. The third-order valence-corrected chi connectivity index (χ3v) is 8.32. The first-order valence-corrected chi connectivity index (χ1v) is 14.7. The van der Waals surface area contributed by atoms with Crippen molar-refractivity contribution >= 4 is 10.0 Å². The van der Waals surface area contributed by atoms with E-state index in [9.17, 15) is 34.8 Å². The van der Waals surface area contributed by atoms with Gasteiger partial charge in [-0.2, -0.15) is 36.2 Å². The fourth-order valence-corrected chi connectivity index (χ4v) is 6.18. The zero-order valence-corrected chi connectivity index (χ0v) is 22.9. The van der Waals surface area contributed by atoms with Crippen LogP contribution in [0.4, 0.5) is 26.3 Å². The molecule has 3 aromatic rings. The van der Waals surface area contributed by atoms with Crippen LogP contribution >= 0.6 is 0 Å². The molecule has 15 heteroatoms. The van der Waals surface area contributed by atoms with Gasteiger partial charge in [-0.1, -0.05) is 18.2 Å². The maximum atomic E-state index is 13.0. The summed E-state index contributed by atoms with van der Waals surface area (Å²) < 4.78 is 123. The molecule has 1 unspecified atom stereocenters. The largest absolute Gasteiger partial charge is 0.439 e. The summed E-state index contributed by atoms with van der Waals surface area (Å²) in [5, 5.41) is 4.63. The van der Waals surface area contributed by atoms with Crippen molar-refractivity contribution in [2.75, 3.05) is 25.6 Å². The molecular weight excluding hydrogens is 592 g/mol. The van der Waals surface area contributed by atoms with Gasteiger partial charge in [0.15, 0.2) is 5.75 Å². The molecule has 5 rings (SSSR count). The van der Waals surface area contributed by atoms with Gasteiger partial charge in [-0.15, -0.1) is 0 Å². The number of halogens is 6. The van der Waals surface area contributed by atoms with Crippen LogP contribution < -0.4 is 9.46 Å². The van der Waals surface area contributed by atoms with Crippen LogP contribution in [0.2, 0.25) is 0 Å². The topological polar surface area (TPSA) is 91.7 Å². The molecule has 1 aromatic heterocycles. The lowest BCUT2D eigenvalue weighted by atomic mass is 9.88. The third-order valence-electron chi connectivity index (χ3n) is 6.91. The van der Waals surface area contributed by atoms with E-state index in [2.05, 4.69) is 9.82 Å². The second-order valence-corrected chi connectivity index (χ2v) is 12.0. The average molecular weight is 620 g/mol. The first-order chi connectivity index (χ1) is 19.7. The molecule has 3 heterocycles. The van der Waals surface area contributed by atoms with E-state index in [1.807, 2.05) is 0 Å². The highest BCUT2D eigenvalue weighted by atomic mass is 32.2. The summed E-state index contributed by atoms with van der Waals surface area (Å²) in [5.41, 5.74) is -0.931. The van der Waals surface area contributed by atoms with Gasteiger partial charge in [0.05, 0.1) is 37.1 Å². The zero-order valence-electron chi connectivity index (χ0n) is 22.0. The predicted octanol–water partition coefficient (Wildman–Crippen LogP) is 5.64. The SMILES string of the molecule is O=S(=O)(CC(F)(F)F)NC1(c2cccc(-c3cc(Oc4ccc(C(F)(F)F)cc4)n(CC4CCCCO4)n3)c2)COC1. The molecule has 1 atom stereocenters. The van der Waals surface area contributed by atoms with Gasteiger partial charge in [-0.3, -0.25) is 0 Å². The summed E-state index contributed by atoms with van der Waals surface area (Å²) in [7, 11) is -4.73. The molecule has 228 valence electrons. The first-order valence-electron chi connectivity index (χ1n) is 13.0. The Morgan fingerprint density at radius 1 is 1.02 bits per heavy atom. The second-order valence-electron chi connectivity index (χ2n) is 10.3. The summed E-state index contributed by atoms with van der Waals surface area (Å²) in [6, 6.07) is 12.3. The highest BCUT2D eigenvalue weighted by Crippen LogP contribution is 2.36. The van der Waals surface area contributed by atoms with E-state index in [-0.39, 0.29) is 30.9 Å². The van der Waals surface area contributed by atoms with Gasteiger partial charge < -0.3 is 14.2 Å². The van der Waals surface area contributed by atoms with Crippen molar-refractivity contribution in [2.24, 2.45) is 0 Å². The first kappa shape index (κ1) is 30.3. The van der Waals surface area contributed by atoms with Crippen LogP contribution in [0.15, 0.2) is 54.6 Å².